The van der Waals surface area contributed by atoms with Crippen LogP contribution in [0.3, 0.4) is 0 Å². The summed E-state index contributed by atoms with van der Waals surface area (Å²) >= 11 is 0. The lowest BCUT2D eigenvalue weighted by Gasteiger charge is -1.95. The Balaban J connectivity index is 0.000001000. The Bertz CT molecular complexity index is 214. The average molecular weight is 180 g/mol. The van der Waals surface area contributed by atoms with E-state index in [1.165, 1.54) is 10.8 Å². The van der Waals surface area contributed by atoms with Gasteiger partial charge in [-0.15, -0.1) is 6.58 Å². The van der Waals surface area contributed by atoms with Gasteiger partial charge in [0.25, 0.3) is 0 Å². The summed E-state index contributed by atoms with van der Waals surface area (Å²) in [7, 11) is 1.15. The Hall–Kier alpha value is -0.606. The van der Waals surface area contributed by atoms with E-state index in [1.807, 2.05) is 6.08 Å². The minimum atomic E-state index is 0. The summed E-state index contributed by atoms with van der Waals surface area (Å²) in [5, 5.41) is 1.45. The van der Waals surface area contributed by atoms with Crippen molar-refractivity contribution in [1.82, 2.24) is 0 Å². The molecule has 0 saturated carbocycles. The van der Waals surface area contributed by atoms with Crippen molar-refractivity contribution in [2.75, 3.05) is 0 Å². The SMILES string of the molecule is C=CCc1ccc([SiH3])cc1.[SiH4]. The molecule has 0 amide bonds. The van der Waals surface area contributed by atoms with Crippen LogP contribution in [-0.2, 0) is 6.42 Å². The van der Waals surface area contributed by atoms with Crippen LogP contribution in [0.5, 0.6) is 0 Å². The Morgan fingerprint density at radius 1 is 1.27 bits per heavy atom. The molecule has 0 aliphatic rings. The van der Waals surface area contributed by atoms with Gasteiger partial charge >= 0.3 is 0 Å². The first kappa shape index (κ1) is 10.4. The summed E-state index contributed by atoms with van der Waals surface area (Å²) in [6, 6.07) is 8.71. The molecule has 2 heteroatoms. The monoisotopic (exact) mass is 180 g/mol. The molecule has 0 aromatic heterocycles. The van der Waals surface area contributed by atoms with Crippen LogP contribution in [0.25, 0.3) is 0 Å². The van der Waals surface area contributed by atoms with Gasteiger partial charge in [0, 0.05) is 10.2 Å². The van der Waals surface area contributed by atoms with Crippen molar-refractivity contribution in [3.8, 4) is 0 Å². The molecule has 0 fully saturated rings. The number of hydrogen-bond acceptors (Lipinski definition) is 0. The van der Waals surface area contributed by atoms with Crippen molar-refractivity contribution in [1.29, 1.82) is 0 Å². The molecular formula is C9H16Si2. The molecular weight excluding hydrogens is 164 g/mol. The highest BCUT2D eigenvalue weighted by Gasteiger charge is 1.86. The van der Waals surface area contributed by atoms with Crippen molar-refractivity contribution >= 4 is 26.4 Å². The molecule has 0 unspecified atom stereocenters. The topological polar surface area (TPSA) is 0 Å². The molecule has 1 aromatic carbocycles. The van der Waals surface area contributed by atoms with E-state index in [1.54, 1.807) is 0 Å². The van der Waals surface area contributed by atoms with Crippen LogP contribution >= 0.6 is 0 Å². The fourth-order valence-electron chi connectivity index (χ4n) is 0.891. The Labute approximate surface area is 75.8 Å². The summed E-state index contributed by atoms with van der Waals surface area (Å²) < 4.78 is 0. The Morgan fingerprint density at radius 3 is 2.27 bits per heavy atom. The molecule has 0 radical (unpaired) electrons. The predicted molar refractivity (Wildman–Crippen MR) is 61.3 cm³/mol. The molecule has 60 valence electrons. The van der Waals surface area contributed by atoms with E-state index in [0.717, 1.165) is 16.7 Å². The van der Waals surface area contributed by atoms with Gasteiger partial charge in [-0.3, -0.25) is 0 Å². The maximum atomic E-state index is 3.69. The van der Waals surface area contributed by atoms with Gasteiger partial charge in [-0.2, -0.15) is 0 Å². The summed E-state index contributed by atoms with van der Waals surface area (Å²) in [4.78, 5) is 0. The van der Waals surface area contributed by atoms with Crippen molar-refractivity contribution in [2.24, 2.45) is 0 Å². The normalized spacial score (nSPS) is 8.73. The smallest absolute Gasteiger partial charge is 0.0384 e. The van der Waals surface area contributed by atoms with E-state index in [2.05, 4.69) is 30.8 Å². The number of benzene rings is 1. The molecule has 0 N–H and O–H groups in total. The van der Waals surface area contributed by atoms with Gasteiger partial charge in [0.05, 0.1) is 0 Å². The molecule has 0 aliphatic heterocycles. The number of hydrogen-bond donors (Lipinski definition) is 0. The first-order valence-electron chi connectivity index (χ1n) is 3.49. The van der Waals surface area contributed by atoms with Crippen LogP contribution in [0.15, 0.2) is 36.9 Å². The Morgan fingerprint density at radius 2 is 1.82 bits per heavy atom. The number of rotatable bonds is 2. The van der Waals surface area contributed by atoms with Gasteiger partial charge in [-0.25, -0.2) is 0 Å². The standard InChI is InChI=1S/C9H12Si.H4Si/c1-2-3-8-4-6-9(10)7-5-8;/h2,4-7H,1,3H2,10H3;1H4. The van der Waals surface area contributed by atoms with E-state index in [0.29, 0.717) is 0 Å². The van der Waals surface area contributed by atoms with Crippen LogP contribution in [0.1, 0.15) is 5.56 Å². The predicted octanol–water partition coefficient (Wildman–Crippen LogP) is -1.05. The van der Waals surface area contributed by atoms with Gasteiger partial charge in [0.1, 0.15) is 0 Å². The Kier molecular flexibility index (Phi) is 4.82. The van der Waals surface area contributed by atoms with Crippen LogP contribution in [0.2, 0.25) is 0 Å². The molecule has 11 heavy (non-hydrogen) atoms. The fraction of sp³-hybridized carbons (Fsp3) is 0.111. The largest absolute Gasteiger partial charge is 0.103 e. The summed E-state index contributed by atoms with van der Waals surface area (Å²) in [6.45, 7) is 3.69. The van der Waals surface area contributed by atoms with E-state index >= 15 is 0 Å². The zero-order chi connectivity index (χ0) is 7.40. The van der Waals surface area contributed by atoms with Crippen molar-refractivity contribution in [3.05, 3.63) is 42.5 Å². The quantitative estimate of drug-likeness (QED) is 0.403. The van der Waals surface area contributed by atoms with Crippen molar-refractivity contribution in [3.63, 3.8) is 0 Å². The van der Waals surface area contributed by atoms with Gasteiger partial charge in [-0.1, -0.05) is 35.5 Å². The first-order valence-corrected chi connectivity index (χ1v) is 4.49. The molecule has 0 nitrogen and oxygen atoms in total. The van der Waals surface area contributed by atoms with E-state index in [4.69, 9.17) is 0 Å². The van der Waals surface area contributed by atoms with Crippen LogP contribution in [-0.4, -0.2) is 21.2 Å². The highest BCUT2D eigenvalue weighted by atomic mass is 28.1. The second-order valence-corrected chi connectivity index (χ2v) is 3.63. The molecule has 1 aromatic rings. The van der Waals surface area contributed by atoms with Crippen LogP contribution < -0.4 is 5.19 Å². The first-order chi connectivity index (χ1) is 4.83. The zero-order valence-electron chi connectivity index (χ0n) is 6.30. The third-order valence-corrected chi connectivity index (χ3v) is 2.17. The minimum Gasteiger partial charge on any atom is -0.103 e. The summed E-state index contributed by atoms with van der Waals surface area (Å²) in [5.41, 5.74) is 1.36. The highest BCUT2D eigenvalue weighted by molar-refractivity contribution is 6.32. The summed E-state index contributed by atoms with van der Waals surface area (Å²) in [5.74, 6) is 0. The maximum Gasteiger partial charge on any atom is 0.0384 e. The van der Waals surface area contributed by atoms with Gasteiger partial charge < -0.3 is 0 Å². The molecule has 0 spiro atoms. The third kappa shape index (κ3) is 3.34. The van der Waals surface area contributed by atoms with E-state index < -0.39 is 0 Å². The van der Waals surface area contributed by atoms with E-state index in [-0.39, 0.29) is 11.0 Å². The van der Waals surface area contributed by atoms with Gasteiger partial charge in [0.15, 0.2) is 0 Å². The molecule has 0 bridgehead atoms. The van der Waals surface area contributed by atoms with Crippen LogP contribution in [0.4, 0.5) is 0 Å². The van der Waals surface area contributed by atoms with Gasteiger partial charge in [-0.05, 0) is 22.9 Å². The minimum absolute atomic E-state index is 0. The molecule has 0 atom stereocenters. The zero-order valence-corrected chi connectivity index (χ0v) is 8.30. The maximum absolute atomic E-state index is 3.69. The molecule has 0 heterocycles. The van der Waals surface area contributed by atoms with Crippen LogP contribution in [0, 0.1) is 0 Å². The average Bonchev–Trinajstić information content (AvgIpc) is 1.95. The van der Waals surface area contributed by atoms with E-state index in [9.17, 15) is 0 Å². The van der Waals surface area contributed by atoms with Gasteiger partial charge in [0.2, 0.25) is 0 Å². The molecule has 0 saturated heterocycles. The lowest BCUT2D eigenvalue weighted by Crippen LogP contribution is -1.99. The molecule has 1 rings (SSSR count). The lowest BCUT2D eigenvalue weighted by atomic mass is 10.2. The third-order valence-electron chi connectivity index (χ3n) is 1.50. The van der Waals surface area contributed by atoms with Crippen molar-refractivity contribution < 1.29 is 0 Å². The number of allylic oxidation sites excluding steroid dienone is 1. The lowest BCUT2D eigenvalue weighted by molar-refractivity contribution is 1.28. The second kappa shape index (κ2) is 5.10. The van der Waals surface area contributed by atoms with Crippen molar-refractivity contribution in [2.45, 2.75) is 6.42 Å². The molecule has 0 aliphatic carbocycles. The highest BCUT2D eigenvalue weighted by Crippen LogP contribution is 1.96. The fourth-order valence-corrected chi connectivity index (χ4v) is 1.22. The summed E-state index contributed by atoms with van der Waals surface area (Å²) in [6.07, 6.45) is 2.92. The second-order valence-electron chi connectivity index (χ2n) is 2.48.